The molecule has 1 aromatic rings. The predicted molar refractivity (Wildman–Crippen MR) is 28.7 cm³/mol. The van der Waals surface area contributed by atoms with Crippen LogP contribution in [0.2, 0.25) is 0 Å². The maximum atomic E-state index is 8.51. The molecule has 0 amide bonds. The fourth-order valence-electron chi connectivity index (χ4n) is 0.291. The van der Waals surface area contributed by atoms with Crippen LogP contribution in [0.5, 0.6) is 5.75 Å². The average molecular weight is 113 g/mol. The van der Waals surface area contributed by atoms with Gasteiger partial charge < -0.3 is 11.3 Å². The minimum absolute atomic E-state index is 0. The Hall–Kier alpha value is -1.16. The molecule has 1 rings (SSSR count). The standard InChI is InChI=1S/C4H4N2O.H3N/c7-4-1-5-3-6-2-4;/h1-3,7H;1H3. The lowest BCUT2D eigenvalue weighted by Crippen LogP contribution is -1.70. The van der Waals surface area contributed by atoms with Gasteiger partial charge in [-0.05, 0) is 0 Å². The lowest BCUT2D eigenvalue weighted by Gasteiger charge is -1.81. The molecular formula is C4H7N3O. The van der Waals surface area contributed by atoms with E-state index in [1.165, 1.54) is 18.7 Å². The smallest absolute Gasteiger partial charge is 0.152 e. The monoisotopic (exact) mass is 113 g/mol. The van der Waals surface area contributed by atoms with Crippen molar-refractivity contribution in [2.75, 3.05) is 0 Å². The van der Waals surface area contributed by atoms with E-state index in [0.29, 0.717) is 0 Å². The third-order valence-corrected chi connectivity index (χ3v) is 0.547. The maximum absolute atomic E-state index is 8.51. The molecule has 0 aliphatic rings. The summed E-state index contributed by atoms with van der Waals surface area (Å²) in [5.41, 5.74) is 0. The van der Waals surface area contributed by atoms with Crippen LogP contribution in [0.4, 0.5) is 0 Å². The highest BCUT2D eigenvalue weighted by Gasteiger charge is 1.77. The molecule has 0 aliphatic heterocycles. The van der Waals surface area contributed by atoms with E-state index in [4.69, 9.17) is 5.11 Å². The molecule has 0 fully saturated rings. The van der Waals surface area contributed by atoms with Gasteiger partial charge in [-0.15, -0.1) is 0 Å². The van der Waals surface area contributed by atoms with Gasteiger partial charge in [0.2, 0.25) is 0 Å². The number of rotatable bonds is 0. The van der Waals surface area contributed by atoms with Crippen molar-refractivity contribution in [1.29, 1.82) is 0 Å². The van der Waals surface area contributed by atoms with E-state index in [9.17, 15) is 0 Å². The Balaban J connectivity index is 0.000000490. The van der Waals surface area contributed by atoms with Gasteiger partial charge in [-0.3, -0.25) is 0 Å². The van der Waals surface area contributed by atoms with E-state index in [0.717, 1.165) is 0 Å². The van der Waals surface area contributed by atoms with Gasteiger partial charge in [0.1, 0.15) is 6.33 Å². The van der Waals surface area contributed by atoms with Crippen molar-refractivity contribution in [1.82, 2.24) is 16.1 Å². The topological polar surface area (TPSA) is 81.0 Å². The number of hydrogen-bond acceptors (Lipinski definition) is 4. The predicted octanol–water partition coefficient (Wildman–Crippen LogP) is 0.344. The Kier molecular flexibility index (Phi) is 2.50. The highest BCUT2D eigenvalue weighted by molar-refractivity contribution is 5.06. The van der Waals surface area contributed by atoms with E-state index in [2.05, 4.69) is 9.97 Å². The molecule has 1 aromatic heterocycles. The van der Waals surface area contributed by atoms with Crippen LogP contribution in [0.15, 0.2) is 18.7 Å². The Morgan fingerprint density at radius 3 is 2.00 bits per heavy atom. The second kappa shape index (κ2) is 2.92. The molecule has 0 atom stereocenters. The number of nitrogens with zero attached hydrogens (tertiary/aromatic N) is 2. The van der Waals surface area contributed by atoms with Crippen molar-refractivity contribution < 1.29 is 5.11 Å². The summed E-state index contributed by atoms with van der Waals surface area (Å²) in [7, 11) is 0. The summed E-state index contributed by atoms with van der Waals surface area (Å²) in [6.07, 6.45) is 4.01. The van der Waals surface area contributed by atoms with Crippen LogP contribution < -0.4 is 6.15 Å². The van der Waals surface area contributed by atoms with Gasteiger partial charge in [0.25, 0.3) is 0 Å². The number of hydrogen-bond donors (Lipinski definition) is 2. The Morgan fingerprint density at radius 2 is 1.75 bits per heavy atom. The van der Waals surface area contributed by atoms with E-state index < -0.39 is 0 Å². The summed E-state index contributed by atoms with van der Waals surface area (Å²) in [6, 6.07) is 0. The SMILES string of the molecule is N.Oc1cncnc1. The van der Waals surface area contributed by atoms with Crippen LogP contribution in [0.1, 0.15) is 0 Å². The minimum atomic E-state index is 0. The van der Waals surface area contributed by atoms with Gasteiger partial charge in [0, 0.05) is 0 Å². The highest BCUT2D eigenvalue weighted by atomic mass is 16.3. The molecule has 0 aromatic carbocycles. The summed E-state index contributed by atoms with van der Waals surface area (Å²) >= 11 is 0. The highest BCUT2D eigenvalue weighted by Crippen LogP contribution is 1.96. The fourth-order valence-corrected chi connectivity index (χ4v) is 0.291. The molecule has 44 valence electrons. The van der Waals surface area contributed by atoms with Gasteiger partial charge >= 0.3 is 0 Å². The Morgan fingerprint density at radius 1 is 1.25 bits per heavy atom. The van der Waals surface area contributed by atoms with Crippen LogP contribution in [-0.2, 0) is 0 Å². The van der Waals surface area contributed by atoms with E-state index in [1.807, 2.05) is 0 Å². The molecule has 0 saturated heterocycles. The third-order valence-electron chi connectivity index (χ3n) is 0.547. The largest absolute Gasteiger partial charge is 0.505 e. The summed E-state index contributed by atoms with van der Waals surface area (Å²) in [5.74, 6) is 0.0995. The molecule has 0 spiro atoms. The van der Waals surface area contributed by atoms with Crippen molar-refractivity contribution >= 4 is 0 Å². The van der Waals surface area contributed by atoms with Gasteiger partial charge in [-0.2, -0.15) is 0 Å². The van der Waals surface area contributed by atoms with Crippen LogP contribution in [-0.4, -0.2) is 15.1 Å². The van der Waals surface area contributed by atoms with Gasteiger partial charge in [0.15, 0.2) is 5.75 Å². The van der Waals surface area contributed by atoms with Crippen molar-refractivity contribution in [2.45, 2.75) is 0 Å². The van der Waals surface area contributed by atoms with E-state index >= 15 is 0 Å². The summed E-state index contributed by atoms with van der Waals surface area (Å²) < 4.78 is 0. The van der Waals surface area contributed by atoms with Crippen molar-refractivity contribution in [3.05, 3.63) is 18.7 Å². The van der Waals surface area contributed by atoms with Gasteiger partial charge in [-0.25, -0.2) is 9.97 Å². The summed E-state index contributed by atoms with van der Waals surface area (Å²) in [4.78, 5) is 7.05. The molecule has 4 heteroatoms. The first-order chi connectivity index (χ1) is 3.39. The molecule has 0 bridgehead atoms. The van der Waals surface area contributed by atoms with E-state index in [-0.39, 0.29) is 11.9 Å². The zero-order valence-corrected chi connectivity index (χ0v) is 4.28. The number of aromatic hydroxyl groups is 1. The molecule has 1 heterocycles. The summed E-state index contributed by atoms with van der Waals surface area (Å²) in [5, 5.41) is 8.51. The first-order valence-electron chi connectivity index (χ1n) is 1.83. The van der Waals surface area contributed by atoms with Crippen LogP contribution >= 0.6 is 0 Å². The van der Waals surface area contributed by atoms with Crippen LogP contribution in [0.3, 0.4) is 0 Å². The molecule has 0 unspecified atom stereocenters. The maximum Gasteiger partial charge on any atom is 0.152 e. The summed E-state index contributed by atoms with van der Waals surface area (Å²) in [6.45, 7) is 0. The molecule has 0 saturated carbocycles. The molecular weight excluding hydrogens is 106 g/mol. The molecule has 4 N–H and O–H groups in total. The molecule has 0 radical (unpaired) electrons. The van der Waals surface area contributed by atoms with Crippen LogP contribution in [0.25, 0.3) is 0 Å². The van der Waals surface area contributed by atoms with Gasteiger partial charge in [0.05, 0.1) is 12.4 Å². The Labute approximate surface area is 46.8 Å². The second-order valence-corrected chi connectivity index (χ2v) is 1.10. The molecule has 0 aliphatic carbocycles. The zero-order valence-electron chi connectivity index (χ0n) is 4.28. The van der Waals surface area contributed by atoms with Gasteiger partial charge in [-0.1, -0.05) is 0 Å². The molecule has 4 nitrogen and oxygen atoms in total. The second-order valence-electron chi connectivity index (χ2n) is 1.10. The first kappa shape index (κ1) is 6.84. The van der Waals surface area contributed by atoms with Crippen LogP contribution in [0, 0.1) is 0 Å². The normalized spacial score (nSPS) is 7.50. The average Bonchev–Trinajstić information content (AvgIpc) is 1.69. The first-order valence-corrected chi connectivity index (χ1v) is 1.83. The number of aromatic nitrogens is 2. The minimum Gasteiger partial charge on any atom is -0.505 e. The quantitative estimate of drug-likeness (QED) is 0.508. The van der Waals surface area contributed by atoms with Crippen molar-refractivity contribution in [2.24, 2.45) is 0 Å². The van der Waals surface area contributed by atoms with E-state index in [1.54, 1.807) is 0 Å². The Bertz CT molecular complexity index is 141. The molecule has 8 heavy (non-hydrogen) atoms. The van der Waals surface area contributed by atoms with Crippen molar-refractivity contribution in [3.8, 4) is 5.75 Å². The van der Waals surface area contributed by atoms with Crippen molar-refractivity contribution in [3.63, 3.8) is 0 Å². The zero-order chi connectivity index (χ0) is 5.11. The third kappa shape index (κ3) is 1.53. The lowest BCUT2D eigenvalue weighted by molar-refractivity contribution is 0.469. The lowest BCUT2D eigenvalue weighted by atomic mass is 10.6. The fraction of sp³-hybridized carbons (Fsp3) is 0.